The molecule has 0 bridgehead atoms. The van der Waals surface area contributed by atoms with E-state index < -0.39 is 0 Å². The Kier molecular flexibility index (Phi) is 6.73. The molecule has 1 saturated heterocycles. The van der Waals surface area contributed by atoms with E-state index in [-0.39, 0.29) is 24.4 Å². The normalized spacial score (nSPS) is 15.8. The van der Waals surface area contributed by atoms with Crippen LogP contribution in [0.4, 0.5) is 4.79 Å². The summed E-state index contributed by atoms with van der Waals surface area (Å²) in [6.07, 6.45) is 1.29. The average Bonchev–Trinajstić information content (AvgIpc) is 2.62. The van der Waals surface area contributed by atoms with E-state index in [1.54, 1.807) is 37.1 Å². The number of phenols is 1. The smallest absolute Gasteiger partial charge is 0.409 e. The third kappa shape index (κ3) is 5.44. The first-order valence-corrected chi connectivity index (χ1v) is 8.37. The zero-order valence-electron chi connectivity index (χ0n) is 14.7. The van der Waals surface area contributed by atoms with E-state index in [4.69, 9.17) is 15.2 Å². The van der Waals surface area contributed by atoms with Crippen molar-refractivity contribution in [3.8, 4) is 11.5 Å². The van der Waals surface area contributed by atoms with Crippen LogP contribution in [0, 0.1) is 0 Å². The maximum absolute atomic E-state index is 11.7. The molecule has 0 atom stereocenters. The summed E-state index contributed by atoms with van der Waals surface area (Å²) in [5.41, 5.74) is 6.58. The predicted molar refractivity (Wildman–Crippen MR) is 94.7 cm³/mol. The van der Waals surface area contributed by atoms with E-state index in [9.17, 15) is 9.90 Å². The Morgan fingerprint density at radius 3 is 2.80 bits per heavy atom. The van der Waals surface area contributed by atoms with Gasteiger partial charge in [-0.05, 0) is 38.0 Å². The van der Waals surface area contributed by atoms with E-state index in [2.05, 4.69) is 10.3 Å². The van der Waals surface area contributed by atoms with Crippen molar-refractivity contribution in [3.63, 3.8) is 0 Å². The number of hydrogen-bond acceptors (Lipinski definition) is 5. The van der Waals surface area contributed by atoms with E-state index in [0.29, 0.717) is 37.0 Å². The van der Waals surface area contributed by atoms with Gasteiger partial charge in [-0.25, -0.2) is 9.79 Å². The molecule has 0 unspecified atom stereocenters. The van der Waals surface area contributed by atoms with Crippen molar-refractivity contribution < 1.29 is 19.4 Å². The summed E-state index contributed by atoms with van der Waals surface area (Å²) in [5.74, 6) is 1.12. The predicted octanol–water partition coefficient (Wildman–Crippen LogP) is 1.43. The number of likely N-dealkylation sites (tertiary alicyclic amines) is 1. The zero-order valence-corrected chi connectivity index (χ0v) is 14.7. The van der Waals surface area contributed by atoms with Crippen LogP contribution in [0.2, 0.25) is 0 Å². The van der Waals surface area contributed by atoms with Crippen LogP contribution < -0.4 is 15.8 Å². The number of aromatic hydroxyl groups is 1. The number of nitrogens with one attached hydrogen (secondary N) is 1. The molecule has 1 heterocycles. The number of amides is 1. The van der Waals surface area contributed by atoms with E-state index >= 15 is 0 Å². The topological polar surface area (TPSA) is 109 Å². The van der Waals surface area contributed by atoms with Gasteiger partial charge in [0, 0.05) is 24.7 Å². The highest BCUT2D eigenvalue weighted by Gasteiger charge is 2.23. The number of guanidine groups is 1. The number of phenolic OH excluding ortho intramolecular Hbond substituents is 1. The van der Waals surface area contributed by atoms with Crippen LogP contribution in [0.1, 0.15) is 25.3 Å². The molecule has 1 fully saturated rings. The van der Waals surface area contributed by atoms with E-state index in [0.717, 1.165) is 12.8 Å². The fourth-order valence-corrected chi connectivity index (χ4v) is 2.66. The third-order valence-corrected chi connectivity index (χ3v) is 4.08. The molecule has 8 nitrogen and oxygen atoms in total. The van der Waals surface area contributed by atoms with Gasteiger partial charge in [0.2, 0.25) is 0 Å². The molecule has 138 valence electrons. The number of aliphatic imine (C=N–C) groups is 1. The molecular formula is C17H26N4O4. The summed E-state index contributed by atoms with van der Waals surface area (Å²) in [4.78, 5) is 17.6. The lowest BCUT2D eigenvalue weighted by Gasteiger charge is -2.31. The van der Waals surface area contributed by atoms with Crippen LogP contribution in [0.5, 0.6) is 11.5 Å². The fourth-order valence-electron chi connectivity index (χ4n) is 2.66. The van der Waals surface area contributed by atoms with Crippen molar-refractivity contribution >= 4 is 12.1 Å². The highest BCUT2D eigenvalue weighted by Crippen LogP contribution is 2.23. The van der Waals surface area contributed by atoms with Crippen molar-refractivity contribution in [2.45, 2.75) is 32.4 Å². The van der Waals surface area contributed by atoms with Crippen molar-refractivity contribution in [2.24, 2.45) is 10.7 Å². The molecule has 2 rings (SSSR count). The van der Waals surface area contributed by atoms with Gasteiger partial charge in [0.25, 0.3) is 0 Å². The number of nitrogens with zero attached hydrogens (tertiary/aromatic N) is 2. The lowest BCUT2D eigenvalue weighted by Crippen LogP contribution is -2.48. The standard InChI is InChI=1S/C17H26N4O4/c1-3-25-17(23)21-8-6-13(7-9-21)20-16(18)19-11-12-10-14(24-2)4-5-15(12)22/h4-5,10,13,22H,3,6-9,11H2,1-2H3,(H3,18,19,20). The number of ether oxygens (including phenoxy) is 2. The Morgan fingerprint density at radius 2 is 2.16 bits per heavy atom. The maximum atomic E-state index is 11.7. The molecule has 0 saturated carbocycles. The fraction of sp³-hybridized carbons (Fsp3) is 0.529. The van der Waals surface area contributed by atoms with Crippen LogP contribution in [-0.4, -0.2) is 54.9 Å². The summed E-state index contributed by atoms with van der Waals surface area (Å²) in [6.45, 7) is 3.68. The molecule has 25 heavy (non-hydrogen) atoms. The largest absolute Gasteiger partial charge is 0.508 e. The molecule has 0 spiro atoms. The van der Waals surface area contributed by atoms with Gasteiger partial charge < -0.3 is 30.5 Å². The Balaban J connectivity index is 1.83. The van der Waals surface area contributed by atoms with Crippen LogP contribution >= 0.6 is 0 Å². The Morgan fingerprint density at radius 1 is 1.44 bits per heavy atom. The molecule has 1 amide bonds. The van der Waals surface area contributed by atoms with Gasteiger partial charge in [-0.15, -0.1) is 0 Å². The number of carbonyl (C=O) groups is 1. The molecule has 1 aromatic rings. The molecule has 4 N–H and O–H groups in total. The van der Waals surface area contributed by atoms with E-state index in [1.165, 1.54) is 0 Å². The molecule has 0 aliphatic carbocycles. The summed E-state index contributed by atoms with van der Waals surface area (Å²) < 4.78 is 10.1. The van der Waals surface area contributed by atoms with Gasteiger partial charge >= 0.3 is 6.09 Å². The molecule has 8 heteroatoms. The van der Waals surface area contributed by atoms with Crippen molar-refractivity contribution in [3.05, 3.63) is 23.8 Å². The van der Waals surface area contributed by atoms with Crippen molar-refractivity contribution in [1.29, 1.82) is 0 Å². The van der Waals surface area contributed by atoms with Crippen molar-refractivity contribution in [2.75, 3.05) is 26.8 Å². The van der Waals surface area contributed by atoms with Gasteiger partial charge in [0.15, 0.2) is 5.96 Å². The number of piperidine rings is 1. The van der Waals surface area contributed by atoms with Gasteiger partial charge in [-0.3, -0.25) is 0 Å². The van der Waals surface area contributed by atoms with Gasteiger partial charge in [0.1, 0.15) is 11.5 Å². The minimum absolute atomic E-state index is 0.153. The highest BCUT2D eigenvalue weighted by molar-refractivity contribution is 5.78. The molecule has 1 aliphatic rings. The summed E-state index contributed by atoms with van der Waals surface area (Å²) in [5, 5.41) is 13.0. The average molecular weight is 350 g/mol. The molecule has 1 aliphatic heterocycles. The Hall–Kier alpha value is -2.64. The second-order valence-corrected chi connectivity index (χ2v) is 5.80. The van der Waals surface area contributed by atoms with Crippen LogP contribution in [0.25, 0.3) is 0 Å². The SMILES string of the molecule is CCOC(=O)N1CCC(NC(N)=NCc2cc(OC)ccc2O)CC1. The second-order valence-electron chi connectivity index (χ2n) is 5.80. The van der Waals surface area contributed by atoms with Gasteiger partial charge in [-0.2, -0.15) is 0 Å². The van der Waals surface area contributed by atoms with Crippen molar-refractivity contribution in [1.82, 2.24) is 10.2 Å². The highest BCUT2D eigenvalue weighted by atomic mass is 16.6. The third-order valence-electron chi connectivity index (χ3n) is 4.08. The first-order valence-electron chi connectivity index (χ1n) is 8.37. The molecular weight excluding hydrogens is 324 g/mol. The minimum atomic E-state index is -0.268. The number of methoxy groups -OCH3 is 1. The number of benzene rings is 1. The number of rotatable bonds is 5. The zero-order chi connectivity index (χ0) is 18.2. The lowest BCUT2D eigenvalue weighted by atomic mass is 10.1. The van der Waals surface area contributed by atoms with Crippen LogP contribution in [-0.2, 0) is 11.3 Å². The molecule has 0 aromatic heterocycles. The van der Waals surface area contributed by atoms with E-state index in [1.807, 2.05) is 0 Å². The molecule has 1 aromatic carbocycles. The number of hydrogen-bond donors (Lipinski definition) is 3. The number of nitrogens with two attached hydrogens (primary N) is 1. The minimum Gasteiger partial charge on any atom is -0.508 e. The first kappa shape index (κ1) is 18.7. The lowest BCUT2D eigenvalue weighted by molar-refractivity contribution is 0.0963. The first-order chi connectivity index (χ1) is 12.0. The van der Waals surface area contributed by atoms with Crippen LogP contribution in [0.15, 0.2) is 23.2 Å². The summed E-state index contributed by atoms with van der Waals surface area (Å²) >= 11 is 0. The number of carbonyl (C=O) groups excluding carboxylic acids is 1. The van der Waals surface area contributed by atoms with Gasteiger partial charge in [0.05, 0.1) is 20.3 Å². The Labute approximate surface area is 147 Å². The summed E-state index contributed by atoms with van der Waals surface area (Å²) in [7, 11) is 1.57. The monoisotopic (exact) mass is 350 g/mol. The van der Waals surface area contributed by atoms with Gasteiger partial charge in [-0.1, -0.05) is 0 Å². The summed E-state index contributed by atoms with van der Waals surface area (Å²) in [6, 6.07) is 5.14. The second kappa shape index (κ2) is 9.00. The maximum Gasteiger partial charge on any atom is 0.409 e. The van der Waals surface area contributed by atoms with Crippen LogP contribution in [0.3, 0.4) is 0 Å². The molecule has 0 radical (unpaired) electrons. The quantitative estimate of drug-likeness (QED) is 0.547. The Bertz CT molecular complexity index is 613.